The van der Waals surface area contributed by atoms with E-state index in [0.29, 0.717) is 113 Å². The number of rotatable bonds is 17. The van der Waals surface area contributed by atoms with Gasteiger partial charge in [0.2, 0.25) is 23.4 Å². The fraction of sp³-hybridized carbons (Fsp3) is 0.144. The van der Waals surface area contributed by atoms with E-state index in [4.69, 9.17) is 116 Å². The summed E-state index contributed by atoms with van der Waals surface area (Å²) in [5, 5.41) is 65.7. The van der Waals surface area contributed by atoms with Gasteiger partial charge in [0.05, 0.1) is 111 Å². The van der Waals surface area contributed by atoms with Crippen LogP contribution in [0.2, 0.25) is 45.2 Å². The molecule has 2 aliphatic carbocycles. The van der Waals surface area contributed by atoms with Crippen LogP contribution in [-0.2, 0) is 28.8 Å². The number of para-hydroxylation sites is 2. The van der Waals surface area contributed by atoms with Gasteiger partial charge in [0, 0.05) is 74.5 Å². The van der Waals surface area contributed by atoms with Crippen LogP contribution >= 0.6 is 171 Å². The number of thiazole rings is 2. The molecule has 0 spiro atoms. The van der Waals surface area contributed by atoms with Gasteiger partial charge in [0.15, 0.2) is 39.4 Å². The normalized spacial score (nSPS) is 13.2. The number of allylic oxidation sites excluding steroid dienone is 5. The van der Waals surface area contributed by atoms with E-state index in [0.717, 1.165) is 38.4 Å². The van der Waals surface area contributed by atoms with Crippen LogP contribution in [0.4, 0.5) is 50.5 Å². The second kappa shape index (κ2) is 45.6. The van der Waals surface area contributed by atoms with Crippen molar-refractivity contribution < 1.29 is 53.8 Å². The van der Waals surface area contributed by atoms with Crippen molar-refractivity contribution in [3.63, 3.8) is 0 Å². The number of Topliss-reactive ketones (excluding diaryl/α,β-unsaturated/α-hetero) is 3. The van der Waals surface area contributed by atoms with Crippen molar-refractivity contribution in [2.45, 2.75) is 75.7 Å². The zero-order chi connectivity index (χ0) is 95.8. The van der Waals surface area contributed by atoms with Gasteiger partial charge >= 0.3 is 5.00 Å². The summed E-state index contributed by atoms with van der Waals surface area (Å²) < 4.78 is 1.91. The van der Waals surface area contributed by atoms with Gasteiger partial charge in [-0.05, 0) is 209 Å². The first-order valence-corrected chi connectivity index (χ1v) is 44.8. The van der Waals surface area contributed by atoms with Gasteiger partial charge in [-0.2, -0.15) is 5.26 Å². The standard InChI is InChI=1S/C21H13Br2N3O2S.C20H19Cl3N2O3.C20H17Cl2N3O2.C16H13Cl3N2O3.C13H8Cl2N4O2S/c22-14-10-13(11-15(23)19(14)27)24-18(20(28)25-12-6-2-1-3-7-12)21-26-16-8-4-5-9-17(16)29-21;1-10-5-6-12(21)15(7-10)25-19(28)16(18(27)20(2,3)4)24-11-8-13(22)17(26)14(23)9-11;1-10-14(21)7-12(8-15(10)22)25-17-9-18(24-11(2)26)20(27)13-5-4-6-16(23-3)19(13)17;1-3-9-12(6-13(20-7(2)22)16(24)14(9)19)21-8-4-10(17)15(23)11(18)5-8;1-6-9(14)3-8(4-10(6)15)18-11(5-16)12-17-7(2)13(22-12)19(20)21/h1-11,27H,(H,25,28);5-9,26H,1-4H3,(H,25,28);4-9,23H,1-3H3,(H,24,26);4-6,23H,3H2,1-2H3,(H,20,22);3-4H,1-2H3. The van der Waals surface area contributed by atoms with Crippen molar-refractivity contribution in [2.75, 3.05) is 23.0 Å². The molecule has 11 aromatic rings. The topological polar surface area (TPSA) is 395 Å². The number of nitrogens with zero attached hydrogens (tertiary/aromatic N) is 9. The Labute approximate surface area is 819 Å². The summed E-state index contributed by atoms with van der Waals surface area (Å²) in [4.78, 5) is 127. The Balaban J connectivity index is 0.000000184. The summed E-state index contributed by atoms with van der Waals surface area (Å²) in [6.07, 6.45) is 3.48. The summed E-state index contributed by atoms with van der Waals surface area (Å²) in [6, 6.07) is 44.5. The summed E-state index contributed by atoms with van der Waals surface area (Å²) in [5.74, 6) is -3.49. The summed E-state index contributed by atoms with van der Waals surface area (Å²) in [6.45, 7) is 16.4. The molecule has 0 aliphatic heterocycles. The first kappa shape index (κ1) is 103. The number of phenolic OH excluding ortho intramolecular Hbond substituents is 3. The molecule has 8 N–H and O–H groups in total. The molecule has 2 aromatic heterocycles. The summed E-state index contributed by atoms with van der Waals surface area (Å²) >= 11 is 69.2. The summed E-state index contributed by atoms with van der Waals surface area (Å²) in [7, 11) is 1.77. The average molecular weight is 2120 g/mol. The van der Waals surface area contributed by atoms with E-state index in [1.54, 1.807) is 108 Å². The number of phenols is 3. The van der Waals surface area contributed by atoms with E-state index in [2.05, 4.69) is 93.4 Å². The molecular weight excluding hydrogens is 2050 g/mol. The number of amides is 4. The highest BCUT2D eigenvalue weighted by Crippen LogP contribution is 2.42. The number of fused-ring (bicyclic) bond motifs is 2. The number of halogens is 12. The maximum Gasteiger partial charge on any atom is 0.347 e. The van der Waals surface area contributed by atoms with Crippen LogP contribution in [0.15, 0.2) is 220 Å². The second-order valence-corrected chi connectivity index (χ2v) is 36.3. The highest BCUT2D eigenvalue weighted by molar-refractivity contribution is 9.11. The predicted molar refractivity (Wildman–Crippen MR) is 530 cm³/mol. The number of aliphatic imine (C=N–C) groups is 5. The van der Waals surface area contributed by atoms with Crippen molar-refractivity contribution >= 4 is 301 Å². The van der Waals surface area contributed by atoms with Crippen molar-refractivity contribution in [3.05, 3.63) is 294 Å². The minimum absolute atomic E-state index is 0.00141. The third kappa shape index (κ3) is 26.6. The molecule has 13 rings (SSSR count). The van der Waals surface area contributed by atoms with E-state index in [-0.39, 0.29) is 110 Å². The van der Waals surface area contributed by atoms with Gasteiger partial charge in [-0.15, -0.1) is 11.3 Å². The van der Waals surface area contributed by atoms with E-state index >= 15 is 0 Å². The molecule has 130 heavy (non-hydrogen) atoms. The Bertz CT molecular complexity index is 6610. The number of ketones is 3. The number of nitro groups is 1. The highest BCUT2D eigenvalue weighted by Gasteiger charge is 2.34. The number of aryl methyl sites for hydroxylation is 2. The van der Waals surface area contributed by atoms with Crippen LogP contribution in [0.5, 0.6) is 17.2 Å². The maximum atomic E-state index is 13.1. The smallest absolute Gasteiger partial charge is 0.347 e. The lowest BCUT2D eigenvalue weighted by Gasteiger charge is -2.20. The number of aromatic hydroxyl groups is 3. The van der Waals surface area contributed by atoms with Gasteiger partial charge in [-0.3, -0.25) is 43.7 Å². The maximum absolute atomic E-state index is 13.1. The summed E-state index contributed by atoms with van der Waals surface area (Å²) in [5.41, 5.74) is 8.93. The fourth-order valence-electron chi connectivity index (χ4n) is 11.4. The molecular formula is C90H70Br2Cl10N14O12S2. The SMILES string of the molecule is CCC1=C(Cl)C(=O)C(NC(C)=O)=CC1=Nc1cc(Cl)c(O)c(Cl)c1.CNc1cccc2c1C(=Nc1cc(Cl)c(C)c(Cl)c1)C=C(NC(C)=O)C2=O.Cc1ccc(Cl)c(NC(=O)C(=Nc2cc(Cl)c(O)c(Cl)c2)C(=O)C(C)(C)C)c1.Cc1nc(C(C#N)=Nc2cc(Cl)c(C)c(Cl)c2)sc1[N+](=O)[O-].O=C(Nc1ccccc1)C(=Nc1cc(Br)c(O)c(Br)c1)c1nc2ccccc2s1. The van der Waals surface area contributed by atoms with Gasteiger partial charge in [0.1, 0.15) is 22.5 Å². The van der Waals surface area contributed by atoms with Gasteiger partial charge < -0.3 is 41.9 Å². The lowest BCUT2D eigenvalue weighted by molar-refractivity contribution is -0.380. The number of carbonyl (C=O) groups is 7. The monoisotopic (exact) mass is 2110 g/mol. The lowest BCUT2D eigenvalue weighted by atomic mass is 9.87. The molecule has 2 aliphatic rings. The van der Waals surface area contributed by atoms with Crippen LogP contribution in [0, 0.1) is 54.6 Å². The molecule has 0 fully saturated rings. The van der Waals surface area contributed by atoms with Gasteiger partial charge in [0.25, 0.3) is 11.8 Å². The van der Waals surface area contributed by atoms with Crippen LogP contribution in [0.1, 0.15) is 96.3 Å². The fourth-order valence-corrected chi connectivity index (χ4v) is 16.8. The van der Waals surface area contributed by atoms with Crippen molar-refractivity contribution in [1.82, 2.24) is 20.6 Å². The molecule has 26 nitrogen and oxygen atoms in total. The molecule has 0 saturated carbocycles. The zero-order valence-electron chi connectivity index (χ0n) is 69.7. The molecule has 40 heteroatoms. The van der Waals surface area contributed by atoms with Crippen molar-refractivity contribution in [1.29, 1.82) is 5.26 Å². The first-order valence-electron chi connectivity index (χ1n) is 37.8. The number of aromatic nitrogens is 2. The van der Waals surface area contributed by atoms with Crippen LogP contribution in [-0.4, -0.2) is 107 Å². The molecule has 0 bridgehead atoms. The quantitative estimate of drug-likeness (QED) is 0.0138. The van der Waals surface area contributed by atoms with Crippen LogP contribution in [0.3, 0.4) is 0 Å². The molecule has 0 atom stereocenters. The predicted octanol–water partition coefficient (Wildman–Crippen LogP) is 25.9. The molecule has 9 aromatic carbocycles. The van der Waals surface area contributed by atoms with E-state index < -0.39 is 33.7 Å². The number of hydrogen-bond donors (Lipinski definition) is 8. The van der Waals surface area contributed by atoms with Gasteiger partial charge in [-0.25, -0.2) is 34.9 Å². The largest absolute Gasteiger partial charge is 0.506 e. The number of nitrogens with one attached hydrogen (secondary N) is 5. The number of benzene rings is 9. The molecule has 4 amide bonds. The van der Waals surface area contributed by atoms with Crippen molar-refractivity contribution in [3.8, 4) is 23.3 Å². The Morgan fingerprint density at radius 2 is 1.05 bits per heavy atom. The highest BCUT2D eigenvalue weighted by atomic mass is 79.9. The average Bonchev–Trinajstić information content (AvgIpc) is 0.826. The Morgan fingerprint density at radius 3 is 1.56 bits per heavy atom. The molecule has 0 unspecified atom stereocenters. The number of carbonyl (C=O) groups excluding carboxylic acids is 7. The third-order valence-corrected chi connectivity index (χ3v) is 24.7. The van der Waals surface area contributed by atoms with E-state index in [9.17, 15) is 64.3 Å². The lowest BCUT2D eigenvalue weighted by Crippen LogP contribution is -2.37. The Hall–Kier alpha value is -11.1. The second-order valence-electron chi connectivity index (χ2n) is 28.6. The van der Waals surface area contributed by atoms with Crippen molar-refractivity contribution in [2.24, 2.45) is 30.4 Å². The Kier molecular flexibility index (Phi) is 36.0. The zero-order valence-corrected chi connectivity index (χ0v) is 82.1. The van der Waals surface area contributed by atoms with Gasteiger partial charge in [-0.1, -0.05) is 192 Å². The third-order valence-electron chi connectivity index (χ3n) is 17.9. The number of anilines is 3. The molecule has 668 valence electrons. The molecule has 2 heterocycles. The molecule has 0 saturated heterocycles. The minimum Gasteiger partial charge on any atom is -0.506 e. The Morgan fingerprint density at radius 1 is 0.546 bits per heavy atom. The van der Waals surface area contributed by atoms with E-state index in [1.165, 1.54) is 62.4 Å². The van der Waals surface area contributed by atoms with E-state index in [1.807, 2.05) is 87.5 Å². The van der Waals surface area contributed by atoms with Crippen LogP contribution < -0.4 is 26.6 Å². The minimum atomic E-state index is -0.864. The number of hydrogen-bond acceptors (Lipinski definition) is 23. The van der Waals surface area contributed by atoms with Crippen LogP contribution in [0.25, 0.3) is 10.2 Å². The molecule has 0 radical (unpaired) electrons. The number of nitriles is 1. The first-order chi connectivity index (χ1) is 61.3.